The van der Waals surface area contributed by atoms with Crippen LogP contribution in [0.3, 0.4) is 0 Å². The van der Waals surface area contributed by atoms with Crippen molar-refractivity contribution in [1.82, 2.24) is 0 Å². The number of hydrogen-bond donors (Lipinski definition) is 2. The number of ether oxygens (including phenoxy) is 1. The Morgan fingerprint density at radius 2 is 1.67 bits per heavy atom. The smallest absolute Gasteiger partial charge is 0.411 e. The number of hydrogen-bond acceptors (Lipinski definition) is 4. The number of nitrogens with one attached hydrogen (secondary N) is 1. The van der Waals surface area contributed by atoms with Gasteiger partial charge in [-0.15, -0.1) is 11.3 Å². The molecule has 6 heteroatoms. The monoisotopic (exact) mass is 379 g/mol. The van der Waals surface area contributed by atoms with Gasteiger partial charge in [0.25, 0.3) is 0 Å². The Hall–Kier alpha value is -3.12. The second-order valence-electron chi connectivity index (χ2n) is 6.34. The van der Waals surface area contributed by atoms with Crippen LogP contribution in [0.25, 0.3) is 11.1 Å². The summed E-state index contributed by atoms with van der Waals surface area (Å²) in [7, 11) is 0. The van der Waals surface area contributed by atoms with Gasteiger partial charge in [-0.2, -0.15) is 0 Å². The maximum atomic E-state index is 12.3. The highest BCUT2D eigenvalue weighted by molar-refractivity contribution is 7.10. The number of aromatic carboxylic acids is 1. The van der Waals surface area contributed by atoms with Crippen LogP contribution in [0.4, 0.5) is 10.5 Å². The molecule has 2 N–H and O–H groups in total. The third-order valence-corrected chi connectivity index (χ3v) is 5.69. The Bertz CT molecular complexity index is 995. The highest BCUT2D eigenvalue weighted by atomic mass is 32.1. The zero-order valence-electron chi connectivity index (χ0n) is 14.6. The largest absolute Gasteiger partial charge is 0.478 e. The molecule has 1 aromatic heterocycles. The van der Waals surface area contributed by atoms with Crippen LogP contribution < -0.4 is 5.32 Å². The van der Waals surface area contributed by atoms with E-state index in [9.17, 15) is 14.7 Å². The van der Waals surface area contributed by atoms with E-state index < -0.39 is 12.1 Å². The van der Waals surface area contributed by atoms with E-state index in [1.807, 2.05) is 36.4 Å². The Morgan fingerprint density at radius 3 is 2.26 bits per heavy atom. The lowest BCUT2D eigenvalue weighted by atomic mass is 9.98. The van der Waals surface area contributed by atoms with Gasteiger partial charge in [0.1, 0.15) is 6.61 Å². The molecule has 0 bridgehead atoms. The Kier molecular flexibility index (Phi) is 4.41. The first-order valence-electron chi connectivity index (χ1n) is 8.49. The molecule has 0 aliphatic heterocycles. The molecule has 0 fully saturated rings. The maximum Gasteiger partial charge on any atom is 0.411 e. The zero-order valence-corrected chi connectivity index (χ0v) is 15.4. The number of rotatable bonds is 4. The van der Waals surface area contributed by atoms with Gasteiger partial charge < -0.3 is 9.84 Å². The second-order valence-corrected chi connectivity index (χ2v) is 7.42. The molecular weight excluding hydrogens is 362 g/mol. The Labute approximate surface area is 160 Å². The minimum Gasteiger partial charge on any atom is -0.478 e. The Balaban J connectivity index is 1.52. The molecule has 1 heterocycles. The number of aryl methyl sites for hydroxylation is 1. The van der Waals surface area contributed by atoms with Crippen LogP contribution in [0.1, 0.15) is 32.3 Å². The predicted molar refractivity (Wildman–Crippen MR) is 105 cm³/mol. The van der Waals surface area contributed by atoms with Crippen molar-refractivity contribution in [3.8, 4) is 11.1 Å². The molecule has 0 spiro atoms. The number of carbonyl (C=O) groups excluding carboxylic acids is 1. The van der Waals surface area contributed by atoms with E-state index in [2.05, 4.69) is 17.4 Å². The third kappa shape index (κ3) is 3.08. The fourth-order valence-electron chi connectivity index (χ4n) is 3.50. The first kappa shape index (κ1) is 17.3. The lowest BCUT2D eigenvalue weighted by molar-refractivity contribution is 0.0698. The van der Waals surface area contributed by atoms with Crippen LogP contribution in [0.2, 0.25) is 0 Å². The first-order chi connectivity index (χ1) is 13.1. The fourth-order valence-corrected chi connectivity index (χ4v) is 4.30. The molecule has 3 aromatic rings. The summed E-state index contributed by atoms with van der Waals surface area (Å²) in [5, 5.41) is 13.3. The first-order valence-corrected chi connectivity index (χ1v) is 9.37. The number of amides is 1. The molecule has 136 valence electrons. The number of benzene rings is 2. The van der Waals surface area contributed by atoms with E-state index in [0.29, 0.717) is 5.69 Å². The van der Waals surface area contributed by atoms with Crippen LogP contribution in [0, 0.1) is 6.92 Å². The SMILES string of the molecule is Cc1scc(C(=O)O)c1NC(=O)OCC1c2ccccc2-c2ccccc21. The molecule has 27 heavy (non-hydrogen) atoms. The highest BCUT2D eigenvalue weighted by Crippen LogP contribution is 2.44. The van der Waals surface area contributed by atoms with Gasteiger partial charge in [-0.25, -0.2) is 9.59 Å². The molecule has 5 nitrogen and oxygen atoms in total. The summed E-state index contributed by atoms with van der Waals surface area (Å²) in [4.78, 5) is 24.3. The molecule has 1 amide bonds. The van der Waals surface area contributed by atoms with Crippen LogP contribution in [-0.4, -0.2) is 23.8 Å². The lowest BCUT2D eigenvalue weighted by Crippen LogP contribution is -2.19. The summed E-state index contributed by atoms with van der Waals surface area (Å²) in [6, 6.07) is 16.2. The minimum absolute atomic E-state index is 0.0364. The molecular formula is C21H17NO4S. The van der Waals surface area contributed by atoms with Gasteiger partial charge in [-0.05, 0) is 29.2 Å². The van der Waals surface area contributed by atoms with Gasteiger partial charge in [0, 0.05) is 16.2 Å². The number of carboxylic acids is 1. The van der Waals surface area contributed by atoms with Crippen molar-refractivity contribution in [2.45, 2.75) is 12.8 Å². The van der Waals surface area contributed by atoms with E-state index in [1.165, 1.54) is 16.7 Å². The standard InChI is InChI=1S/C21H17NO4S/c1-12-19(18(11-27-12)20(23)24)22-21(25)26-10-17-15-8-4-2-6-13(15)14-7-3-5-9-16(14)17/h2-9,11,17H,10H2,1H3,(H,22,25)(H,23,24). The predicted octanol–water partition coefficient (Wildman–Crippen LogP) is 5.12. The Morgan fingerprint density at radius 1 is 1.07 bits per heavy atom. The fraction of sp³-hybridized carbons (Fsp3) is 0.143. The average molecular weight is 379 g/mol. The number of anilines is 1. The van der Waals surface area contributed by atoms with Crippen LogP contribution in [-0.2, 0) is 4.74 Å². The van der Waals surface area contributed by atoms with Crippen molar-refractivity contribution in [1.29, 1.82) is 0 Å². The van der Waals surface area contributed by atoms with Crippen molar-refractivity contribution in [3.05, 3.63) is 75.5 Å². The third-order valence-electron chi connectivity index (χ3n) is 4.78. The average Bonchev–Trinajstić information content (AvgIpc) is 3.19. The van der Waals surface area contributed by atoms with Gasteiger partial charge in [-0.3, -0.25) is 5.32 Å². The van der Waals surface area contributed by atoms with Crippen LogP contribution >= 0.6 is 11.3 Å². The molecule has 0 atom stereocenters. The van der Waals surface area contributed by atoms with E-state index in [4.69, 9.17) is 4.74 Å². The second kappa shape index (κ2) is 6.89. The van der Waals surface area contributed by atoms with Gasteiger partial charge in [0.05, 0.1) is 11.3 Å². The van der Waals surface area contributed by atoms with Gasteiger partial charge in [0.15, 0.2) is 0 Å². The summed E-state index contributed by atoms with van der Waals surface area (Å²) in [5.74, 6) is -1.11. The number of carboxylic acid groups (broad SMARTS) is 1. The van der Waals surface area contributed by atoms with Gasteiger partial charge in [-0.1, -0.05) is 48.5 Å². The van der Waals surface area contributed by atoms with Crippen molar-refractivity contribution >= 4 is 29.1 Å². The molecule has 0 saturated heterocycles. The van der Waals surface area contributed by atoms with E-state index in [0.717, 1.165) is 27.1 Å². The minimum atomic E-state index is -1.08. The van der Waals surface area contributed by atoms with Crippen molar-refractivity contribution in [2.75, 3.05) is 11.9 Å². The summed E-state index contributed by atoms with van der Waals surface area (Å²) < 4.78 is 5.46. The van der Waals surface area contributed by atoms with Crippen molar-refractivity contribution in [3.63, 3.8) is 0 Å². The molecule has 0 unspecified atom stereocenters. The lowest BCUT2D eigenvalue weighted by Gasteiger charge is -2.14. The normalized spacial score (nSPS) is 12.3. The molecule has 4 rings (SSSR count). The molecule has 2 aromatic carbocycles. The highest BCUT2D eigenvalue weighted by Gasteiger charge is 2.29. The molecule has 1 aliphatic rings. The zero-order chi connectivity index (χ0) is 19.0. The van der Waals surface area contributed by atoms with Crippen molar-refractivity contribution < 1.29 is 19.4 Å². The van der Waals surface area contributed by atoms with Gasteiger partial charge in [0.2, 0.25) is 0 Å². The van der Waals surface area contributed by atoms with E-state index in [-0.39, 0.29) is 18.1 Å². The molecule has 0 saturated carbocycles. The van der Waals surface area contributed by atoms with E-state index in [1.54, 1.807) is 6.92 Å². The quantitative estimate of drug-likeness (QED) is 0.660. The van der Waals surface area contributed by atoms with Crippen molar-refractivity contribution in [2.24, 2.45) is 0 Å². The summed E-state index contributed by atoms with van der Waals surface area (Å²) >= 11 is 1.28. The van der Waals surface area contributed by atoms with E-state index >= 15 is 0 Å². The summed E-state index contributed by atoms with van der Waals surface area (Å²) in [5.41, 5.74) is 4.94. The van der Waals surface area contributed by atoms with Crippen LogP contribution in [0.5, 0.6) is 0 Å². The summed E-state index contributed by atoms with van der Waals surface area (Å²) in [6.45, 7) is 1.95. The topological polar surface area (TPSA) is 75.6 Å². The summed E-state index contributed by atoms with van der Waals surface area (Å²) in [6.07, 6.45) is -0.652. The van der Waals surface area contributed by atoms with Crippen LogP contribution in [0.15, 0.2) is 53.9 Å². The molecule has 0 radical (unpaired) electrons. The number of fused-ring (bicyclic) bond motifs is 3. The van der Waals surface area contributed by atoms with Gasteiger partial charge >= 0.3 is 12.1 Å². The number of thiophene rings is 1. The molecule has 1 aliphatic carbocycles. The number of carbonyl (C=O) groups is 2. The maximum absolute atomic E-state index is 12.3.